The molecular formula is C23H25N3O3S. The number of hydrogen-bond acceptors (Lipinski definition) is 6. The first-order valence-electron chi connectivity index (χ1n) is 10.1. The van der Waals surface area contributed by atoms with Gasteiger partial charge in [-0.25, -0.2) is 4.98 Å². The topological polar surface area (TPSA) is 63.7 Å². The average molecular weight is 424 g/mol. The predicted octanol–water partition coefficient (Wildman–Crippen LogP) is 4.18. The van der Waals surface area contributed by atoms with Crippen LogP contribution in [0.15, 0.2) is 48.5 Å². The predicted molar refractivity (Wildman–Crippen MR) is 121 cm³/mol. The summed E-state index contributed by atoms with van der Waals surface area (Å²) in [5, 5.41) is 3.47. The summed E-state index contributed by atoms with van der Waals surface area (Å²) in [6, 6.07) is 13.9. The fourth-order valence-corrected chi connectivity index (χ4v) is 4.23. The van der Waals surface area contributed by atoms with Crippen LogP contribution in [0.5, 0.6) is 5.75 Å². The summed E-state index contributed by atoms with van der Waals surface area (Å²) >= 11 is 1.49. The fourth-order valence-electron chi connectivity index (χ4n) is 3.30. The normalized spacial score (nSPS) is 15.0. The number of ether oxygens (including phenoxy) is 2. The number of carbonyl (C=O) groups excluding carboxylic acids is 1. The van der Waals surface area contributed by atoms with Crippen LogP contribution in [-0.4, -0.2) is 48.7 Å². The molecule has 1 N–H and O–H groups in total. The van der Waals surface area contributed by atoms with Crippen molar-refractivity contribution in [2.75, 3.05) is 38.2 Å². The second-order valence-corrected chi connectivity index (χ2v) is 8.06. The highest BCUT2D eigenvalue weighted by atomic mass is 32.1. The van der Waals surface area contributed by atoms with Crippen LogP contribution < -0.4 is 10.1 Å². The van der Waals surface area contributed by atoms with Gasteiger partial charge in [0, 0.05) is 25.7 Å². The zero-order valence-corrected chi connectivity index (χ0v) is 17.8. The molecule has 0 aliphatic carbocycles. The van der Waals surface area contributed by atoms with Crippen molar-refractivity contribution in [3.63, 3.8) is 0 Å². The van der Waals surface area contributed by atoms with E-state index in [1.54, 1.807) is 6.08 Å². The van der Waals surface area contributed by atoms with E-state index >= 15 is 0 Å². The maximum Gasteiger partial charge on any atom is 0.250 e. The third kappa shape index (κ3) is 5.44. The number of anilines is 1. The standard InChI is InChI=1S/C23H25N3O3S/c1-2-29-19-7-3-17(4-8-19)6-10-22(27)25-23-24-20-9-5-18(15-21(20)30-23)16-26-11-13-28-14-12-26/h3-10,15H,2,11-14,16H2,1H3,(H,24,25,27)/b10-6+. The van der Waals surface area contributed by atoms with Crippen LogP contribution in [0.1, 0.15) is 18.1 Å². The Kier molecular flexibility index (Phi) is 6.74. The van der Waals surface area contributed by atoms with Crippen molar-refractivity contribution in [2.24, 2.45) is 0 Å². The van der Waals surface area contributed by atoms with Crippen molar-refractivity contribution in [1.82, 2.24) is 9.88 Å². The molecule has 3 aromatic rings. The molecular weight excluding hydrogens is 398 g/mol. The van der Waals surface area contributed by atoms with Gasteiger partial charge in [0.15, 0.2) is 5.13 Å². The molecule has 2 aromatic carbocycles. The van der Waals surface area contributed by atoms with Crippen LogP contribution in [0.25, 0.3) is 16.3 Å². The number of morpholine rings is 1. The van der Waals surface area contributed by atoms with Crippen molar-refractivity contribution in [1.29, 1.82) is 0 Å². The SMILES string of the molecule is CCOc1ccc(/C=C/C(=O)Nc2nc3ccc(CN4CCOCC4)cc3s2)cc1. The van der Waals surface area contributed by atoms with Gasteiger partial charge >= 0.3 is 0 Å². The summed E-state index contributed by atoms with van der Waals surface area (Å²) in [7, 11) is 0. The van der Waals surface area contributed by atoms with Gasteiger partial charge in [0.1, 0.15) is 5.75 Å². The van der Waals surface area contributed by atoms with Crippen LogP contribution in [0, 0.1) is 0 Å². The van der Waals surface area contributed by atoms with E-state index in [-0.39, 0.29) is 5.91 Å². The largest absolute Gasteiger partial charge is 0.494 e. The summed E-state index contributed by atoms with van der Waals surface area (Å²) in [6.07, 6.45) is 3.30. The van der Waals surface area contributed by atoms with E-state index in [2.05, 4.69) is 27.3 Å². The lowest BCUT2D eigenvalue weighted by Gasteiger charge is -2.26. The quantitative estimate of drug-likeness (QED) is 0.578. The summed E-state index contributed by atoms with van der Waals surface area (Å²) in [4.78, 5) is 19.2. The molecule has 2 heterocycles. The average Bonchev–Trinajstić information content (AvgIpc) is 3.15. The zero-order valence-electron chi connectivity index (χ0n) is 17.0. The molecule has 4 rings (SSSR count). The summed E-state index contributed by atoms with van der Waals surface area (Å²) in [6.45, 7) is 7.00. The number of thiazole rings is 1. The Morgan fingerprint density at radius 1 is 1.23 bits per heavy atom. The summed E-state index contributed by atoms with van der Waals surface area (Å²) in [5.41, 5.74) is 3.09. The number of carbonyl (C=O) groups is 1. The second-order valence-electron chi connectivity index (χ2n) is 7.03. The number of benzene rings is 2. The minimum absolute atomic E-state index is 0.198. The number of aromatic nitrogens is 1. The maximum atomic E-state index is 12.3. The molecule has 1 aliphatic heterocycles. The van der Waals surface area contributed by atoms with Gasteiger partial charge in [0.05, 0.1) is 30.0 Å². The molecule has 1 aromatic heterocycles. The minimum Gasteiger partial charge on any atom is -0.494 e. The Bertz CT molecular complexity index is 1020. The number of hydrogen-bond donors (Lipinski definition) is 1. The lowest BCUT2D eigenvalue weighted by atomic mass is 10.2. The van der Waals surface area contributed by atoms with Crippen LogP contribution in [-0.2, 0) is 16.1 Å². The molecule has 1 amide bonds. The minimum atomic E-state index is -0.198. The van der Waals surface area contributed by atoms with Crippen molar-refractivity contribution in [2.45, 2.75) is 13.5 Å². The number of amides is 1. The molecule has 0 saturated carbocycles. The highest BCUT2D eigenvalue weighted by molar-refractivity contribution is 7.22. The smallest absolute Gasteiger partial charge is 0.250 e. The van der Waals surface area contributed by atoms with E-state index in [9.17, 15) is 4.79 Å². The van der Waals surface area contributed by atoms with E-state index in [4.69, 9.17) is 9.47 Å². The number of nitrogens with zero attached hydrogens (tertiary/aromatic N) is 2. The van der Waals surface area contributed by atoms with Crippen molar-refractivity contribution >= 4 is 38.7 Å². The van der Waals surface area contributed by atoms with Crippen LogP contribution in [0.3, 0.4) is 0 Å². The maximum absolute atomic E-state index is 12.3. The highest BCUT2D eigenvalue weighted by Gasteiger charge is 2.12. The van der Waals surface area contributed by atoms with Gasteiger partial charge in [0.25, 0.3) is 0 Å². The van der Waals surface area contributed by atoms with Gasteiger partial charge in [-0.05, 0) is 48.4 Å². The molecule has 1 saturated heterocycles. The van der Waals surface area contributed by atoms with Gasteiger partial charge in [-0.1, -0.05) is 29.5 Å². The van der Waals surface area contributed by atoms with E-state index in [0.29, 0.717) is 11.7 Å². The van der Waals surface area contributed by atoms with E-state index < -0.39 is 0 Å². The first-order valence-corrected chi connectivity index (χ1v) is 10.9. The van der Waals surface area contributed by atoms with E-state index in [1.807, 2.05) is 37.3 Å². The Morgan fingerprint density at radius 2 is 2.03 bits per heavy atom. The molecule has 1 aliphatic rings. The number of nitrogens with one attached hydrogen (secondary N) is 1. The molecule has 0 radical (unpaired) electrons. The molecule has 0 bridgehead atoms. The molecule has 1 fully saturated rings. The van der Waals surface area contributed by atoms with E-state index in [1.165, 1.54) is 23.0 Å². The Morgan fingerprint density at radius 3 is 2.80 bits per heavy atom. The first kappa shape index (κ1) is 20.5. The third-order valence-corrected chi connectivity index (χ3v) is 5.74. The second kappa shape index (κ2) is 9.84. The van der Waals surface area contributed by atoms with E-state index in [0.717, 1.165) is 54.4 Å². The van der Waals surface area contributed by atoms with Crippen molar-refractivity contribution in [3.05, 3.63) is 59.7 Å². The lowest BCUT2D eigenvalue weighted by molar-refractivity contribution is -0.111. The van der Waals surface area contributed by atoms with Crippen LogP contribution in [0.2, 0.25) is 0 Å². The molecule has 7 heteroatoms. The van der Waals surface area contributed by atoms with Crippen molar-refractivity contribution in [3.8, 4) is 5.75 Å². The lowest BCUT2D eigenvalue weighted by Crippen LogP contribution is -2.35. The summed E-state index contributed by atoms with van der Waals surface area (Å²) in [5.74, 6) is 0.623. The van der Waals surface area contributed by atoms with Crippen LogP contribution >= 0.6 is 11.3 Å². The first-order chi connectivity index (χ1) is 14.7. The van der Waals surface area contributed by atoms with Gasteiger partial charge in [-0.15, -0.1) is 0 Å². The Balaban J connectivity index is 1.37. The fraction of sp³-hybridized carbons (Fsp3) is 0.304. The highest BCUT2D eigenvalue weighted by Crippen LogP contribution is 2.27. The summed E-state index contributed by atoms with van der Waals surface area (Å²) < 4.78 is 11.9. The van der Waals surface area contributed by atoms with Gasteiger partial charge in [-0.3, -0.25) is 15.0 Å². The van der Waals surface area contributed by atoms with Gasteiger partial charge < -0.3 is 9.47 Å². The molecule has 156 valence electrons. The van der Waals surface area contributed by atoms with Gasteiger partial charge in [0.2, 0.25) is 5.91 Å². The third-order valence-electron chi connectivity index (χ3n) is 4.81. The Hall–Kier alpha value is -2.74. The molecule has 0 unspecified atom stereocenters. The molecule has 0 atom stereocenters. The van der Waals surface area contributed by atoms with Gasteiger partial charge in [-0.2, -0.15) is 0 Å². The number of rotatable bonds is 7. The van der Waals surface area contributed by atoms with Crippen molar-refractivity contribution < 1.29 is 14.3 Å². The Labute approximate surface area is 180 Å². The molecule has 6 nitrogen and oxygen atoms in total. The molecule has 0 spiro atoms. The monoisotopic (exact) mass is 423 g/mol. The molecule has 30 heavy (non-hydrogen) atoms. The number of fused-ring (bicyclic) bond motifs is 1. The zero-order chi connectivity index (χ0) is 20.8. The van der Waals surface area contributed by atoms with Crippen LogP contribution in [0.4, 0.5) is 5.13 Å².